The number of rotatable bonds is 2. The van der Waals surface area contributed by atoms with Gasteiger partial charge in [-0.05, 0) is 44.4 Å². The van der Waals surface area contributed by atoms with Gasteiger partial charge >= 0.3 is 12.0 Å². The summed E-state index contributed by atoms with van der Waals surface area (Å²) in [6.07, 6.45) is 5.09. The number of piperidine rings is 1. The Bertz CT molecular complexity index is 330. The molecule has 0 radical (unpaired) electrons. The van der Waals surface area contributed by atoms with Crippen LogP contribution in [0.4, 0.5) is 4.79 Å². The minimum Gasteiger partial charge on any atom is -0.481 e. The number of amides is 2. The second kappa shape index (κ2) is 6.26. The van der Waals surface area contributed by atoms with Crippen LogP contribution in [0, 0.1) is 11.8 Å². The lowest BCUT2D eigenvalue weighted by molar-refractivity contribution is -0.142. The molecular weight excluding hydrogens is 244 g/mol. The van der Waals surface area contributed by atoms with Crippen LogP contribution in [-0.4, -0.2) is 41.1 Å². The zero-order valence-electron chi connectivity index (χ0n) is 11.6. The van der Waals surface area contributed by atoms with E-state index in [0.717, 1.165) is 44.7 Å². The normalized spacial score (nSPS) is 29.0. The Hall–Kier alpha value is -1.26. The zero-order chi connectivity index (χ0) is 13.8. The predicted molar refractivity (Wildman–Crippen MR) is 71.9 cm³/mol. The van der Waals surface area contributed by atoms with E-state index < -0.39 is 5.97 Å². The topological polar surface area (TPSA) is 69.6 Å². The maximum Gasteiger partial charge on any atom is 0.317 e. The minimum atomic E-state index is -0.699. The number of hydrogen-bond donors (Lipinski definition) is 2. The van der Waals surface area contributed by atoms with Gasteiger partial charge in [0, 0.05) is 19.1 Å². The highest BCUT2D eigenvalue weighted by atomic mass is 16.4. The van der Waals surface area contributed by atoms with Gasteiger partial charge in [0.2, 0.25) is 0 Å². The number of likely N-dealkylation sites (tertiary alicyclic amines) is 1. The lowest BCUT2D eigenvalue weighted by Gasteiger charge is -2.33. The Morgan fingerprint density at radius 3 is 2.16 bits per heavy atom. The fraction of sp³-hybridized carbons (Fsp3) is 0.857. The fourth-order valence-corrected chi connectivity index (χ4v) is 2.96. The third-order valence-electron chi connectivity index (χ3n) is 4.47. The molecule has 0 atom stereocenters. The van der Waals surface area contributed by atoms with Gasteiger partial charge in [-0.2, -0.15) is 0 Å². The van der Waals surface area contributed by atoms with Crippen LogP contribution in [0.3, 0.4) is 0 Å². The van der Waals surface area contributed by atoms with Crippen LogP contribution in [0.5, 0.6) is 0 Å². The van der Waals surface area contributed by atoms with Crippen molar-refractivity contribution in [3.8, 4) is 0 Å². The van der Waals surface area contributed by atoms with Crippen LogP contribution in [0.1, 0.15) is 45.4 Å². The highest BCUT2D eigenvalue weighted by molar-refractivity contribution is 5.74. The van der Waals surface area contributed by atoms with Crippen LogP contribution in [0.25, 0.3) is 0 Å². The number of carboxylic acid groups (broad SMARTS) is 1. The molecule has 5 heteroatoms. The summed E-state index contributed by atoms with van der Waals surface area (Å²) in [7, 11) is 0. The molecule has 2 aliphatic rings. The van der Waals surface area contributed by atoms with Gasteiger partial charge in [0.1, 0.15) is 0 Å². The van der Waals surface area contributed by atoms with Gasteiger partial charge in [0.15, 0.2) is 0 Å². The van der Waals surface area contributed by atoms with E-state index >= 15 is 0 Å². The van der Waals surface area contributed by atoms with Gasteiger partial charge in [-0.25, -0.2) is 4.79 Å². The number of carbonyl (C=O) groups is 2. The molecule has 0 bridgehead atoms. The van der Waals surface area contributed by atoms with Crippen molar-refractivity contribution in [1.29, 1.82) is 0 Å². The smallest absolute Gasteiger partial charge is 0.317 e. The number of aliphatic carboxylic acids is 1. The molecule has 0 spiro atoms. The van der Waals surface area contributed by atoms with Crippen molar-refractivity contribution in [2.24, 2.45) is 11.8 Å². The van der Waals surface area contributed by atoms with Crippen molar-refractivity contribution in [3.05, 3.63) is 0 Å². The SMILES string of the molecule is CC1CCN(C(=O)NC2CCC(C(=O)O)CC2)CC1. The molecule has 0 aromatic heterocycles. The van der Waals surface area contributed by atoms with Crippen molar-refractivity contribution >= 4 is 12.0 Å². The van der Waals surface area contributed by atoms with Crippen LogP contribution in [0.2, 0.25) is 0 Å². The van der Waals surface area contributed by atoms with E-state index in [1.165, 1.54) is 0 Å². The summed E-state index contributed by atoms with van der Waals surface area (Å²) in [5, 5.41) is 12.0. The first-order chi connectivity index (χ1) is 9.06. The molecule has 1 aliphatic carbocycles. The molecule has 108 valence electrons. The molecule has 1 aliphatic heterocycles. The lowest BCUT2D eigenvalue weighted by atomic mass is 9.86. The Morgan fingerprint density at radius 1 is 1.05 bits per heavy atom. The standard InChI is InChI=1S/C14H24N2O3/c1-10-6-8-16(9-7-10)14(19)15-12-4-2-11(3-5-12)13(17)18/h10-12H,2-9H2,1H3,(H,15,19)(H,17,18). The molecule has 0 unspecified atom stereocenters. The van der Waals surface area contributed by atoms with E-state index in [2.05, 4.69) is 12.2 Å². The molecular formula is C14H24N2O3. The molecule has 5 nitrogen and oxygen atoms in total. The molecule has 2 rings (SSSR count). The van der Waals surface area contributed by atoms with Crippen molar-refractivity contribution in [3.63, 3.8) is 0 Å². The van der Waals surface area contributed by atoms with Gasteiger partial charge in [-0.1, -0.05) is 6.92 Å². The molecule has 1 heterocycles. The molecule has 2 amide bonds. The van der Waals surface area contributed by atoms with Gasteiger partial charge < -0.3 is 15.3 Å². The maximum atomic E-state index is 12.1. The van der Waals surface area contributed by atoms with Crippen LogP contribution in [0.15, 0.2) is 0 Å². The zero-order valence-corrected chi connectivity index (χ0v) is 11.6. The summed E-state index contributed by atoms with van der Waals surface area (Å²) in [6, 6.07) is 0.188. The molecule has 2 N–H and O–H groups in total. The number of urea groups is 1. The first-order valence-electron chi connectivity index (χ1n) is 7.34. The minimum absolute atomic E-state index is 0.0330. The second-order valence-electron chi connectivity index (χ2n) is 6.01. The molecule has 1 saturated heterocycles. The fourth-order valence-electron chi connectivity index (χ4n) is 2.96. The Kier molecular flexibility index (Phi) is 4.66. The summed E-state index contributed by atoms with van der Waals surface area (Å²) in [5.74, 6) is -0.200. The number of carboxylic acids is 1. The first-order valence-corrected chi connectivity index (χ1v) is 7.34. The average molecular weight is 268 g/mol. The highest BCUT2D eigenvalue weighted by Gasteiger charge is 2.28. The number of nitrogens with one attached hydrogen (secondary N) is 1. The van der Waals surface area contributed by atoms with Crippen LogP contribution < -0.4 is 5.32 Å². The lowest BCUT2D eigenvalue weighted by Crippen LogP contribution is -2.48. The van der Waals surface area contributed by atoms with E-state index in [9.17, 15) is 9.59 Å². The molecule has 0 aromatic rings. The van der Waals surface area contributed by atoms with Crippen LogP contribution >= 0.6 is 0 Å². The van der Waals surface area contributed by atoms with Crippen LogP contribution in [-0.2, 0) is 4.79 Å². The van der Waals surface area contributed by atoms with E-state index in [1.54, 1.807) is 0 Å². The quantitative estimate of drug-likeness (QED) is 0.805. The van der Waals surface area contributed by atoms with E-state index in [0.29, 0.717) is 12.8 Å². The Labute approximate surface area is 114 Å². The van der Waals surface area contributed by atoms with E-state index in [-0.39, 0.29) is 18.0 Å². The van der Waals surface area contributed by atoms with Crippen molar-refractivity contribution in [1.82, 2.24) is 10.2 Å². The Morgan fingerprint density at radius 2 is 1.63 bits per heavy atom. The largest absolute Gasteiger partial charge is 0.481 e. The highest BCUT2D eigenvalue weighted by Crippen LogP contribution is 2.25. The second-order valence-corrected chi connectivity index (χ2v) is 6.01. The molecule has 19 heavy (non-hydrogen) atoms. The number of hydrogen-bond acceptors (Lipinski definition) is 2. The summed E-state index contributed by atoms with van der Waals surface area (Å²) < 4.78 is 0. The van der Waals surface area contributed by atoms with Gasteiger partial charge in [0.25, 0.3) is 0 Å². The summed E-state index contributed by atoms with van der Waals surface area (Å²) >= 11 is 0. The van der Waals surface area contributed by atoms with Crippen molar-refractivity contribution in [2.75, 3.05) is 13.1 Å². The van der Waals surface area contributed by atoms with Gasteiger partial charge in [-0.15, -0.1) is 0 Å². The third kappa shape index (κ3) is 3.85. The first kappa shape index (κ1) is 14.2. The molecule has 2 fully saturated rings. The van der Waals surface area contributed by atoms with Gasteiger partial charge in [0.05, 0.1) is 5.92 Å². The average Bonchev–Trinajstić information content (AvgIpc) is 2.40. The monoisotopic (exact) mass is 268 g/mol. The van der Waals surface area contributed by atoms with E-state index in [1.807, 2.05) is 4.90 Å². The maximum absolute atomic E-state index is 12.1. The molecule has 1 saturated carbocycles. The third-order valence-corrected chi connectivity index (χ3v) is 4.47. The van der Waals surface area contributed by atoms with Crippen molar-refractivity contribution in [2.45, 2.75) is 51.5 Å². The van der Waals surface area contributed by atoms with Gasteiger partial charge in [-0.3, -0.25) is 4.79 Å². The summed E-state index contributed by atoms with van der Waals surface area (Å²) in [6.45, 7) is 3.91. The van der Waals surface area contributed by atoms with E-state index in [4.69, 9.17) is 5.11 Å². The Balaban J connectivity index is 1.73. The number of nitrogens with zero attached hydrogens (tertiary/aromatic N) is 1. The number of carbonyl (C=O) groups excluding carboxylic acids is 1. The molecule has 0 aromatic carbocycles. The summed E-state index contributed by atoms with van der Waals surface area (Å²) in [4.78, 5) is 24.8. The predicted octanol–water partition coefficient (Wildman–Crippen LogP) is 2.07. The van der Waals surface area contributed by atoms with Crippen molar-refractivity contribution < 1.29 is 14.7 Å². The summed E-state index contributed by atoms with van der Waals surface area (Å²) in [5.41, 5.74) is 0.